The molecule has 0 bridgehead atoms. The maximum atomic E-state index is 12.1. The highest BCUT2D eigenvalue weighted by Gasteiger charge is 2.26. The predicted octanol–water partition coefficient (Wildman–Crippen LogP) is 1.51. The summed E-state index contributed by atoms with van der Waals surface area (Å²) < 4.78 is 0. The highest BCUT2D eigenvalue weighted by Crippen LogP contribution is 2.25. The number of nitrogens with one attached hydrogen (secondary N) is 1. The molecule has 18 heavy (non-hydrogen) atoms. The Balaban J connectivity index is 0.00000162. The van der Waals surface area contributed by atoms with E-state index in [0.717, 1.165) is 24.4 Å². The molecule has 0 aromatic carbocycles. The van der Waals surface area contributed by atoms with Crippen molar-refractivity contribution in [2.45, 2.75) is 13.0 Å². The van der Waals surface area contributed by atoms with Crippen molar-refractivity contribution in [1.82, 2.24) is 10.2 Å². The summed E-state index contributed by atoms with van der Waals surface area (Å²) in [5.41, 5.74) is 0. The van der Waals surface area contributed by atoms with E-state index in [0.29, 0.717) is 11.4 Å². The Morgan fingerprint density at radius 3 is 2.89 bits per heavy atom. The molecule has 0 spiro atoms. The highest BCUT2D eigenvalue weighted by atomic mass is 35.5. The van der Waals surface area contributed by atoms with Gasteiger partial charge in [0.05, 0.1) is 9.80 Å². The number of nitrogens with zero attached hydrogens (tertiary/aromatic N) is 2. The molecule has 1 aromatic rings. The Morgan fingerprint density at radius 1 is 1.61 bits per heavy atom. The summed E-state index contributed by atoms with van der Waals surface area (Å²) in [4.78, 5) is 24.4. The number of rotatable bonds is 2. The standard InChI is InChI=1S/C10H13N3O3S.ClH/c1-7-6-11-4-5-12(7)10(14)8-2-3-9(17-8)13(15)16;/h2-3,7,11H,4-6H2,1H3;1H. The Bertz CT molecular complexity index is 451. The van der Waals surface area contributed by atoms with E-state index in [4.69, 9.17) is 0 Å². The average molecular weight is 292 g/mol. The van der Waals surface area contributed by atoms with Crippen molar-refractivity contribution in [3.05, 3.63) is 27.1 Å². The van der Waals surface area contributed by atoms with Crippen LogP contribution in [0.25, 0.3) is 0 Å². The van der Waals surface area contributed by atoms with Crippen LogP contribution in [-0.2, 0) is 0 Å². The molecular formula is C10H14ClN3O3S. The summed E-state index contributed by atoms with van der Waals surface area (Å²) in [7, 11) is 0. The lowest BCUT2D eigenvalue weighted by Crippen LogP contribution is -2.52. The van der Waals surface area contributed by atoms with Crippen molar-refractivity contribution in [3.8, 4) is 0 Å². The minimum Gasteiger partial charge on any atom is -0.333 e. The molecule has 1 aliphatic rings. The van der Waals surface area contributed by atoms with E-state index in [1.54, 1.807) is 4.90 Å². The monoisotopic (exact) mass is 291 g/mol. The van der Waals surface area contributed by atoms with Crippen LogP contribution in [0.2, 0.25) is 0 Å². The Hall–Kier alpha value is -1.18. The largest absolute Gasteiger partial charge is 0.333 e. The van der Waals surface area contributed by atoms with E-state index in [1.807, 2.05) is 6.92 Å². The molecule has 1 saturated heterocycles. The van der Waals surface area contributed by atoms with Crippen molar-refractivity contribution in [2.75, 3.05) is 19.6 Å². The molecule has 8 heteroatoms. The van der Waals surface area contributed by atoms with Gasteiger partial charge in [0.2, 0.25) is 0 Å². The lowest BCUT2D eigenvalue weighted by Gasteiger charge is -2.33. The highest BCUT2D eigenvalue weighted by molar-refractivity contribution is 7.17. The van der Waals surface area contributed by atoms with Gasteiger partial charge in [0, 0.05) is 31.7 Å². The molecule has 1 atom stereocenters. The molecule has 0 aliphatic carbocycles. The second-order valence-electron chi connectivity index (χ2n) is 3.95. The van der Waals surface area contributed by atoms with Crippen LogP contribution in [-0.4, -0.2) is 41.4 Å². The molecule has 100 valence electrons. The summed E-state index contributed by atoms with van der Waals surface area (Å²) in [5, 5.41) is 13.8. The van der Waals surface area contributed by atoms with Crippen molar-refractivity contribution in [2.24, 2.45) is 0 Å². The Kier molecular flexibility index (Phi) is 5.06. The number of amides is 1. The van der Waals surface area contributed by atoms with Gasteiger partial charge in [-0.25, -0.2) is 0 Å². The van der Waals surface area contributed by atoms with Crippen molar-refractivity contribution in [1.29, 1.82) is 0 Å². The van der Waals surface area contributed by atoms with Gasteiger partial charge in [-0.2, -0.15) is 0 Å². The van der Waals surface area contributed by atoms with Crippen LogP contribution in [0.4, 0.5) is 5.00 Å². The van der Waals surface area contributed by atoms with E-state index < -0.39 is 4.92 Å². The Labute approximate surface area is 115 Å². The van der Waals surface area contributed by atoms with Gasteiger partial charge in [0.1, 0.15) is 0 Å². The first-order chi connectivity index (χ1) is 8.09. The van der Waals surface area contributed by atoms with Crippen molar-refractivity contribution < 1.29 is 9.72 Å². The van der Waals surface area contributed by atoms with Gasteiger partial charge in [-0.1, -0.05) is 11.3 Å². The van der Waals surface area contributed by atoms with Crippen LogP contribution >= 0.6 is 23.7 Å². The Morgan fingerprint density at radius 2 is 2.33 bits per heavy atom. The maximum absolute atomic E-state index is 12.1. The number of carbonyl (C=O) groups excluding carboxylic acids is 1. The molecule has 1 aliphatic heterocycles. The van der Waals surface area contributed by atoms with Crippen LogP contribution < -0.4 is 5.32 Å². The average Bonchev–Trinajstić information content (AvgIpc) is 2.78. The first-order valence-corrected chi connectivity index (χ1v) is 6.17. The zero-order chi connectivity index (χ0) is 12.4. The fraction of sp³-hybridized carbons (Fsp3) is 0.500. The lowest BCUT2D eigenvalue weighted by atomic mass is 10.2. The van der Waals surface area contributed by atoms with Gasteiger partial charge < -0.3 is 10.2 Å². The maximum Gasteiger partial charge on any atom is 0.324 e. The van der Waals surface area contributed by atoms with Gasteiger partial charge in [-0.3, -0.25) is 14.9 Å². The third kappa shape index (κ3) is 2.98. The second-order valence-corrected chi connectivity index (χ2v) is 5.01. The van der Waals surface area contributed by atoms with E-state index >= 15 is 0 Å². The number of halogens is 1. The first-order valence-electron chi connectivity index (χ1n) is 5.35. The molecule has 0 saturated carbocycles. The van der Waals surface area contributed by atoms with Crippen LogP contribution in [0.3, 0.4) is 0 Å². The van der Waals surface area contributed by atoms with E-state index in [9.17, 15) is 14.9 Å². The number of hydrogen-bond acceptors (Lipinski definition) is 5. The predicted molar refractivity (Wildman–Crippen MR) is 71.6 cm³/mol. The molecule has 1 fully saturated rings. The minimum absolute atomic E-state index is 0. The second kappa shape index (κ2) is 6.12. The molecule has 2 rings (SSSR count). The van der Waals surface area contributed by atoms with Gasteiger partial charge in [0.25, 0.3) is 5.91 Å². The molecule has 6 nitrogen and oxygen atoms in total. The summed E-state index contributed by atoms with van der Waals surface area (Å²) in [5.74, 6) is -0.114. The SMILES string of the molecule is CC1CNCCN1C(=O)c1ccc([N+](=O)[O-])s1.Cl. The molecular weight excluding hydrogens is 278 g/mol. The van der Waals surface area contributed by atoms with Crippen LogP contribution in [0.5, 0.6) is 0 Å². The van der Waals surface area contributed by atoms with Crippen LogP contribution in [0.1, 0.15) is 16.6 Å². The summed E-state index contributed by atoms with van der Waals surface area (Å²) >= 11 is 0.934. The number of carbonyl (C=O) groups is 1. The summed E-state index contributed by atoms with van der Waals surface area (Å²) in [6, 6.07) is 3.03. The third-order valence-corrected chi connectivity index (χ3v) is 3.77. The topological polar surface area (TPSA) is 75.5 Å². The zero-order valence-electron chi connectivity index (χ0n) is 9.79. The third-order valence-electron chi connectivity index (χ3n) is 2.74. The van der Waals surface area contributed by atoms with Crippen molar-refractivity contribution in [3.63, 3.8) is 0 Å². The molecule has 1 aromatic heterocycles. The fourth-order valence-corrected chi connectivity index (χ4v) is 2.60. The van der Waals surface area contributed by atoms with Crippen molar-refractivity contribution >= 4 is 34.7 Å². The number of thiophene rings is 1. The van der Waals surface area contributed by atoms with E-state index in [-0.39, 0.29) is 29.4 Å². The van der Waals surface area contributed by atoms with Gasteiger partial charge in [-0.05, 0) is 13.0 Å². The fourth-order valence-electron chi connectivity index (χ4n) is 1.83. The van der Waals surface area contributed by atoms with Crippen LogP contribution in [0.15, 0.2) is 12.1 Å². The molecule has 1 N–H and O–H groups in total. The number of hydrogen-bond donors (Lipinski definition) is 1. The van der Waals surface area contributed by atoms with E-state index in [1.165, 1.54) is 12.1 Å². The molecule has 2 heterocycles. The normalized spacial score (nSPS) is 19.2. The zero-order valence-corrected chi connectivity index (χ0v) is 11.4. The number of nitro groups is 1. The van der Waals surface area contributed by atoms with Gasteiger partial charge in [0.15, 0.2) is 0 Å². The van der Waals surface area contributed by atoms with Crippen LogP contribution in [0, 0.1) is 10.1 Å². The first kappa shape index (κ1) is 14.9. The summed E-state index contributed by atoms with van der Waals surface area (Å²) in [6.45, 7) is 4.14. The molecule has 1 unspecified atom stereocenters. The van der Waals surface area contributed by atoms with Gasteiger partial charge in [-0.15, -0.1) is 12.4 Å². The number of piperazine rings is 1. The quantitative estimate of drug-likeness (QED) is 0.662. The summed E-state index contributed by atoms with van der Waals surface area (Å²) in [6.07, 6.45) is 0. The minimum atomic E-state index is -0.470. The van der Waals surface area contributed by atoms with Gasteiger partial charge >= 0.3 is 5.00 Å². The smallest absolute Gasteiger partial charge is 0.324 e. The lowest BCUT2D eigenvalue weighted by molar-refractivity contribution is -0.380. The molecule has 1 amide bonds. The van der Waals surface area contributed by atoms with E-state index in [2.05, 4.69) is 5.32 Å². The molecule has 0 radical (unpaired) electrons.